The third kappa shape index (κ3) is 5.03. The Labute approximate surface area is 190 Å². The summed E-state index contributed by atoms with van der Waals surface area (Å²) < 4.78 is 0. The van der Waals surface area contributed by atoms with Gasteiger partial charge in [-0.15, -0.1) is 0 Å². The first-order chi connectivity index (χ1) is 15.4. The molecular weight excluding hydrogens is 430 g/mol. The molecular formula is C23H24ClN5O3. The number of rotatable bonds is 5. The number of aromatic nitrogens is 1. The molecule has 2 heterocycles. The molecule has 1 aliphatic heterocycles. The number of H-pyrrole nitrogens is 1. The van der Waals surface area contributed by atoms with Gasteiger partial charge in [0.2, 0.25) is 11.8 Å². The van der Waals surface area contributed by atoms with E-state index >= 15 is 0 Å². The number of benzene rings is 2. The highest BCUT2D eigenvalue weighted by atomic mass is 35.5. The van der Waals surface area contributed by atoms with E-state index in [2.05, 4.69) is 20.9 Å². The number of halogens is 1. The van der Waals surface area contributed by atoms with Crippen molar-refractivity contribution in [3.8, 4) is 0 Å². The second kappa shape index (κ2) is 9.32. The second-order valence-corrected chi connectivity index (χ2v) is 8.17. The number of nitrogens with one attached hydrogen (secondary N) is 4. The molecule has 0 atom stereocenters. The molecule has 4 rings (SSSR count). The van der Waals surface area contributed by atoms with Crippen molar-refractivity contribution in [3.05, 3.63) is 58.7 Å². The zero-order chi connectivity index (χ0) is 22.7. The van der Waals surface area contributed by atoms with Crippen LogP contribution >= 0.6 is 11.6 Å². The Morgan fingerprint density at radius 2 is 1.88 bits per heavy atom. The van der Waals surface area contributed by atoms with E-state index in [4.69, 9.17) is 11.6 Å². The van der Waals surface area contributed by atoms with Gasteiger partial charge in [-0.1, -0.05) is 17.7 Å². The maximum absolute atomic E-state index is 12.6. The summed E-state index contributed by atoms with van der Waals surface area (Å²) in [5.74, 6) is -0.407. The molecule has 0 saturated carbocycles. The molecule has 0 unspecified atom stereocenters. The van der Waals surface area contributed by atoms with Crippen LogP contribution in [0, 0.1) is 0 Å². The minimum absolute atomic E-state index is 0.139. The number of urea groups is 1. The smallest absolute Gasteiger partial charge is 0.317 e. The molecule has 4 amide bonds. The van der Waals surface area contributed by atoms with Crippen LogP contribution in [-0.2, 0) is 22.6 Å². The molecule has 0 radical (unpaired) electrons. The molecule has 32 heavy (non-hydrogen) atoms. The lowest BCUT2D eigenvalue weighted by Gasteiger charge is -2.27. The fraction of sp³-hybridized carbons (Fsp3) is 0.261. The van der Waals surface area contributed by atoms with Gasteiger partial charge >= 0.3 is 6.03 Å². The zero-order valence-electron chi connectivity index (χ0n) is 17.6. The molecule has 0 aliphatic carbocycles. The molecule has 0 bridgehead atoms. The fourth-order valence-corrected chi connectivity index (χ4v) is 4.05. The quantitative estimate of drug-likeness (QED) is 0.471. The van der Waals surface area contributed by atoms with Gasteiger partial charge in [-0.3, -0.25) is 9.59 Å². The number of nitrogens with zero attached hydrogens (tertiary/aromatic N) is 1. The summed E-state index contributed by atoms with van der Waals surface area (Å²) in [7, 11) is 0. The van der Waals surface area contributed by atoms with Gasteiger partial charge in [-0.25, -0.2) is 4.79 Å². The minimum Gasteiger partial charge on any atom is -0.357 e. The number of anilines is 2. The number of hydrogen-bond acceptors (Lipinski definition) is 3. The van der Waals surface area contributed by atoms with Crippen LogP contribution in [0.4, 0.5) is 16.2 Å². The predicted octanol–water partition coefficient (Wildman–Crippen LogP) is 3.88. The zero-order valence-corrected chi connectivity index (χ0v) is 18.4. The lowest BCUT2D eigenvalue weighted by atomic mass is 10.0. The molecule has 0 saturated heterocycles. The Hall–Kier alpha value is -3.52. The summed E-state index contributed by atoms with van der Waals surface area (Å²) in [5.41, 5.74) is 4.41. The number of aromatic amines is 1. The van der Waals surface area contributed by atoms with Crippen molar-refractivity contribution in [2.75, 3.05) is 23.7 Å². The Morgan fingerprint density at radius 3 is 2.66 bits per heavy atom. The monoisotopic (exact) mass is 453 g/mol. The maximum Gasteiger partial charge on any atom is 0.317 e. The molecule has 2 aromatic carbocycles. The van der Waals surface area contributed by atoms with Crippen LogP contribution in [0.15, 0.2) is 42.5 Å². The van der Waals surface area contributed by atoms with Crippen molar-refractivity contribution in [1.29, 1.82) is 0 Å². The van der Waals surface area contributed by atoms with Crippen LogP contribution in [0.1, 0.15) is 24.6 Å². The average Bonchev–Trinajstić information content (AvgIpc) is 3.10. The Morgan fingerprint density at radius 1 is 1.09 bits per heavy atom. The van der Waals surface area contributed by atoms with E-state index in [1.54, 1.807) is 29.2 Å². The van der Waals surface area contributed by atoms with Gasteiger partial charge in [-0.2, -0.15) is 0 Å². The third-order valence-electron chi connectivity index (χ3n) is 5.32. The topological polar surface area (TPSA) is 106 Å². The van der Waals surface area contributed by atoms with Crippen LogP contribution in [0.2, 0.25) is 5.02 Å². The maximum atomic E-state index is 12.6. The summed E-state index contributed by atoms with van der Waals surface area (Å²) in [6, 6.07) is 12.4. The number of fused-ring (bicyclic) bond motifs is 3. The first-order valence-electron chi connectivity index (χ1n) is 10.4. The molecule has 8 nitrogen and oxygen atoms in total. The lowest BCUT2D eigenvalue weighted by Crippen LogP contribution is -2.43. The summed E-state index contributed by atoms with van der Waals surface area (Å²) in [6.07, 6.45) is 0.883. The Balaban J connectivity index is 1.27. The second-order valence-electron chi connectivity index (χ2n) is 7.74. The molecule has 1 aliphatic rings. The van der Waals surface area contributed by atoms with Gasteiger partial charge in [0, 0.05) is 59.4 Å². The highest BCUT2D eigenvalue weighted by Gasteiger charge is 2.24. The van der Waals surface area contributed by atoms with Crippen molar-refractivity contribution in [1.82, 2.24) is 15.2 Å². The normalized spacial score (nSPS) is 12.9. The minimum atomic E-state index is -0.223. The predicted molar refractivity (Wildman–Crippen MR) is 125 cm³/mol. The van der Waals surface area contributed by atoms with Gasteiger partial charge in [0.25, 0.3) is 0 Å². The number of hydrogen-bond donors (Lipinski definition) is 4. The van der Waals surface area contributed by atoms with Gasteiger partial charge in [0.05, 0.1) is 6.54 Å². The van der Waals surface area contributed by atoms with Crippen LogP contribution in [0.5, 0.6) is 0 Å². The molecule has 9 heteroatoms. The van der Waals surface area contributed by atoms with Gasteiger partial charge in [-0.05, 0) is 48.4 Å². The molecule has 1 aromatic heterocycles. The molecule has 0 fully saturated rings. The first-order valence-corrected chi connectivity index (χ1v) is 10.8. The summed E-state index contributed by atoms with van der Waals surface area (Å²) in [5, 5.41) is 10.1. The molecule has 166 valence electrons. The van der Waals surface area contributed by atoms with Crippen LogP contribution in [0.3, 0.4) is 0 Å². The van der Waals surface area contributed by atoms with Crippen molar-refractivity contribution >= 4 is 51.7 Å². The van der Waals surface area contributed by atoms with Crippen molar-refractivity contribution < 1.29 is 14.4 Å². The molecule has 0 spiro atoms. The third-order valence-corrected chi connectivity index (χ3v) is 5.55. The van der Waals surface area contributed by atoms with Gasteiger partial charge in [0.15, 0.2) is 0 Å². The number of amides is 4. The van der Waals surface area contributed by atoms with E-state index < -0.39 is 0 Å². The van der Waals surface area contributed by atoms with E-state index in [1.165, 1.54) is 12.5 Å². The van der Waals surface area contributed by atoms with Crippen LogP contribution < -0.4 is 16.0 Å². The first kappa shape index (κ1) is 21.7. The van der Waals surface area contributed by atoms with Gasteiger partial charge in [0.1, 0.15) is 0 Å². The van der Waals surface area contributed by atoms with Crippen molar-refractivity contribution in [2.45, 2.75) is 26.3 Å². The van der Waals surface area contributed by atoms with E-state index in [0.717, 1.165) is 23.0 Å². The highest BCUT2D eigenvalue weighted by molar-refractivity contribution is 6.31. The Bertz CT molecular complexity index is 1190. The average molecular weight is 454 g/mol. The van der Waals surface area contributed by atoms with E-state index in [9.17, 15) is 14.4 Å². The van der Waals surface area contributed by atoms with E-state index in [-0.39, 0.29) is 30.8 Å². The number of carbonyl (C=O) groups is 3. The van der Waals surface area contributed by atoms with Gasteiger partial charge < -0.3 is 25.8 Å². The van der Waals surface area contributed by atoms with E-state index in [0.29, 0.717) is 29.5 Å². The van der Waals surface area contributed by atoms with Crippen LogP contribution in [0.25, 0.3) is 10.9 Å². The lowest BCUT2D eigenvalue weighted by molar-refractivity contribution is -0.116. The van der Waals surface area contributed by atoms with Crippen molar-refractivity contribution in [2.24, 2.45) is 0 Å². The summed E-state index contributed by atoms with van der Waals surface area (Å²) in [6.45, 7) is 2.72. The Kier molecular flexibility index (Phi) is 6.32. The highest BCUT2D eigenvalue weighted by Crippen LogP contribution is 2.29. The molecule has 4 N–H and O–H groups in total. The number of carbonyl (C=O) groups excluding carboxylic acids is 3. The molecule has 3 aromatic rings. The van der Waals surface area contributed by atoms with E-state index in [1.807, 2.05) is 18.2 Å². The fourth-order valence-electron chi connectivity index (χ4n) is 3.88. The SMILES string of the molecule is CC(=O)Nc1cccc(NC(=O)CCNC(=O)N2CCc3c([nH]c4ccc(Cl)cc34)C2)c1. The largest absolute Gasteiger partial charge is 0.357 e. The van der Waals surface area contributed by atoms with Crippen LogP contribution in [-0.4, -0.2) is 40.8 Å². The summed E-state index contributed by atoms with van der Waals surface area (Å²) in [4.78, 5) is 41.1. The summed E-state index contributed by atoms with van der Waals surface area (Å²) >= 11 is 6.12. The standard InChI is InChI=1S/C23H24ClN5O3/c1-14(30)26-16-3-2-4-17(12-16)27-22(31)7-9-25-23(32)29-10-8-18-19-11-15(24)5-6-20(19)28-21(18)13-29/h2-6,11-12,28H,7-10,13H2,1H3,(H,25,32)(H,26,30)(H,27,31). The van der Waals surface area contributed by atoms with Crippen molar-refractivity contribution in [3.63, 3.8) is 0 Å².